The number of carbonyl (C=O) groups excluding carboxylic acids is 1. The third kappa shape index (κ3) is 5.72. The van der Waals surface area contributed by atoms with Crippen LogP contribution in [0.1, 0.15) is 12.0 Å². The SMILES string of the molecule is COCCCN(C)C(=O)COc1ccc(CN)cc1. The van der Waals surface area contributed by atoms with Gasteiger partial charge in [0.25, 0.3) is 5.91 Å². The Morgan fingerprint density at radius 1 is 1.32 bits per heavy atom. The Morgan fingerprint density at radius 3 is 2.58 bits per heavy atom. The zero-order chi connectivity index (χ0) is 14.1. The third-order valence-electron chi connectivity index (χ3n) is 2.79. The predicted octanol–water partition coefficient (Wildman–Crippen LogP) is 1.02. The maximum absolute atomic E-state index is 11.8. The number of methoxy groups -OCH3 is 1. The van der Waals surface area contributed by atoms with E-state index < -0.39 is 0 Å². The average molecular weight is 266 g/mol. The summed E-state index contributed by atoms with van der Waals surface area (Å²) in [6.07, 6.45) is 0.823. The Morgan fingerprint density at radius 2 is 2.00 bits per heavy atom. The maximum Gasteiger partial charge on any atom is 0.260 e. The molecule has 0 aliphatic rings. The number of nitrogens with two attached hydrogens (primary N) is 1. The van der Waals surface area contributed by atoms with Crippen LogP contribution in [-0.4, -0.2) is 44.7 Å². The van der Waals surface area contributed by atoms with Gasteiger partial charge in [-0.25, -0.2) is 0 Å². The van der Waals surface area contributed by atoms with Crippen LogP contribution in [0.5, 0.6) is 5.75 Å². The van der Waals surface area contributed by atoms with E-state index in [2.05, 4.69) is 0 Å². The second-order valence-corrected chi connectivity index (χ2v) is 4.30. The quantitative estimate of drug-likeness (QED) is 0.713. The lowest BCUT2D eigenvalue weighted by Gasteiger charge is -2.17. The van der Waals surface area contributed by atoms with Gasteiger partial charge in [0.1, 0.15) is 5.75 Å². The van der Waals surface area contributed by atoms with Crippen molar-refractivity contribution in [2.45, 2.75) is 13.0 Å². The lowest BCUT2D eigenvalue weighted by molar-refractivity contribution is -0.132. The normalized spacial score (nSPS) is 10.3. The largest absolute Gasteiger partial charge is 0.484 e. The molecule has 0 atom stereocenters. The molecule has 5 heteroatoms. The summed E-state index contributed by atoms with van der Waals surface area (Å²) in [5.74, 6) is 0.634. The van der Waals surface area contributed by atoms with Gasteiger partial charge in [-0.1, -0.05) is 12.1 Å². The van der Waals surface area contributed by atoms with Crippen LogP contribution >= 0.6 is 0 Å². The lowest BCUT2D eigenvalue weighted by Crippen LogP contribution is -2.32. The second-order valence-electron chi connectivity index (χ2n) is 4.30. The maximum atomic E-state index is 11.8. The van der Waals surface area contributed by atoms with Gasteiger partial charge >= 0.3 is 0 Å². The van der Waals surface area contributed by atoms with E-state index in [1.807, 2.05) is 24.3 Å². The first-order valence-corrected chi connectivity index (χ1v) is 6.32. The molecule has 1 amide bonds. The second kappa shape index (κ2) is 8.50. The van der Waals surface area contributed by atoms with Crippen molar-refractivity contribution in [1.82, 2.24) is 4.90 Å². The molecular formula is C14H22N2O3. The van der Waals surface area contributed by atoms with Gasteiger partial charge in [0, 0.05) is 33.9 Å². The fourth-order valence-electron chi connectivity index (χ4n) is 1.55. The molecule has 5 nitrogen and oxygen atoms in total. The lowest BCUT2D eigenvalue weighted by atomic mass is 10.2. The van der Waals surface area contributed by atoms with Crippen LogP contribution < -0.4 is 10.5 Å². The van der Waals surface area contributed by atoms with Crippen molar-refractivity contribution in [3.05, 3.63) is 29.8 Å². The summed E-state index contributed by atoms with van der Waals surface area (Å²) >= 11 is 0. The molecule has 1 aromatic carbocycles. The summed E-state index contributed by atoms with van der Waals surface area (Å²) < 4.78 is 10.4. The van der Waals surface area contributed by atoms with Gasteiger partial charge in [0.15, 0.2) is 6.61 Å². The first-order valence-electron chi connectivity index (χ1n) is 6.32. The van der Waals surface area contributed by atoms with Gasteiger partial charge in [0.2, 0.25) is 0 Å². The molecule has 0 saturated carbocycles. The zero-order valence-electron chi connectivity index (χ0n) is 11.6. The molecule has 0 radical (unpaired) electrons. The highest BCUT2D eigenvalue weighted by Gasteiger charge is 2.09. The molecule has 0 spiro atoms. The molecule has 1 rings (SSSR count). The van der Waals surface area contributed by atoms with Crippen molar-refractivity contribution >= 4 is 5.91 Å². The molecule has 0 aromatic heterocycles. The monoisotopic (exact) mass is 266 g/mol. The molecule has 0 heterocycles. The van der Waals surface area contributed by atoms with Crippen LogP contribution in [0.25, 0.3) is 0 Å². The van der Waals surface area contributed by atoms with E-state index in [9.17, 15) is 4.79 Å². The Bertz CT molecular complexity index is 379. The van der Waals surface area contributed by atoms with Gasteiger partial charge < -0.3 is 20.1 Å². The summed E-state index contributed by atoms with van der Waals surface area (Å²) in [5, 5.41) is 0. The molecule has 106 valence electrons. The van der Waals surface area contributed by atoms with E-state index >= 15 is 0 Å². The number of benzene rings is 1. The third-order valence-corrected chi connectivity index (χ3v) is 2.79. The Balaban J connectivity index is 2.32. The molecule has 0 aliphatic heterocycles. The van der Waals surface area contributed by atoms with Gasteiger partial charge in [-0.2, -0.15) is 0 Å². The van der Waals surface area contributed by atoms with Crippen LogP contribution in [0.15, 0.2) is 24.3 Å². The summed E-state index contributed by atoms with van der Waals surface area (Å²) in [4.78, 5) is 13.4. The van der Waals surface area contributed by atoms with Crippen molar-refractivity contribution in [1.29, 1.82) is 0 Å². The molecule has 0 unspecified atom stereocenters. The van der Waals surface area contributed by atoms with Gasteiger partial charge in [0.05, 0.1) is 0 Å². The van der Waals surface area contributed by atoms with E-state index in [0.717, 1.165) is 12.0 Å². The summed E-state index contributed by atoms with van der Waals surface area (Å²) in [5.41, 5.74) is 6.55. The number of carbonyl (C=O) groups is 1. The highest BCUT2D eigenvalue weighted by molar-refractivity contribution is 5.77. The van der Waals surface area contributed by atoms with Crippen molar-refractivity contribution in [3.63, 3.8) is 0 Å². The number of hydrogen-bond donors (Lipinski definition) is 1. The molecule has 2 N–H and O–H groups in total. The van der Waals surface area contributed by atoms with Crippen LogP contribution in [-0.2, 0) is 16.1 Å². The van der Waals surface area contributed by atoms with Crippen molar-refractivity contribution < 1.29 is 14.3 Å². The molecule has 1 aromatic rings. The van der Waals surface area contributed by atoms with E-state index in [0.29, 0.717) is 25.4 Å². The Kier molecular flexibility index (Phi) is 6.92. The van der Waals surface area contributed by atoms with E-state index in [4.69, 9.17) is 15.2 Å². The molecule has 0 fully saturated rings. The highest BCUT2D eigenvalue weighted by atomic mass is 16.5. The number of likely N-dealkylation sites (N-methyl/N-ethyl adjacent to an activating group) is 1. The topological polar surface area (TPSA) is 64.8 Å². The van der Waals surface area contributed by atoms with Gasteiger partial charge in [-0.05, 0) is 24.1 Å². The van der Waals surface area contributed by atoms with Crippen LogP contribution in [0.2, 0.25) is 0 Å². The number of nitrogens with zero attached hydrogens (tertiary/aromatic N) is 1. The molecular weight excluding hydrogens is 244 g/mol. The van der Waals surface area contributed by atoms with Crippen LogP contribution in [0.3, 0.4) is 0 Å². The summed E-state index contributed by atoms with van der Waals surface area (Å²) in [6, 6.07) is 7.42. The summed E-state index contributed by atoms with van der Waals surface area (Å²) in [7, 11) is 3.41. The number of amides is 1. The minimum absolute atomic E-state index is 0.0426. The van der Waals surface area contributed by atoms with Crippen LogP contribution in [0, 0.1) is 0 Å². The average Bonchev–Trinajstić information content (AvgIpc) is 2.45. The minimum atomic E-state index is -0.0426. The fraction of sp³-hybridized carbons (Fsp3) is 0.500. The van der Waals surface area contributed by atoms with Crippen molar-refractivity contribution in [3.8, 4) is 5.75 Å². The highest BCUT2D eigenvalue weighted by Crippen LogP contribution is 2.11. The minimum Gasteiger partial charge on any atom is -0.484 e. The molecule has 0 bridgehead atoms. The zero-order valence-corrected chi connectivity index (χ0v) is 11.6. The smallest absolute Gasteiger partial charge is 0.260 e. The number of ether oxygens (including phenoxy) is 2. The Labute approximate surface area is 114 Å². The number of rotatable bonds is 8. The van der Waals surface area contributed by atoms with Crippen LogP contribution in [0.4, 0.5) is 0 Å². The van der Waals surface area contributed by atoms with Crippen molar-refractivity contribution in [2.75, 3.05) is 33.9 Å². The Hall–Kier alpha value is -1.59. The molecule has 0 aliphatic carbocycles. The van der Waals surface area contributed by atoms with E-state index in [1.54, 1.807) is 19.1 Å². The number of hydrogen-bond acceptors (Lipinski definition) is 4. The van der Waals surface area contributed by atoms with E-state index in [1.165, 1.54) is 0 Å². The molecule has 0 saturated heterocycles. The summed E-state index contributed by atoms with van der Waals surface area (Å²) in [6.45, 7) is 1.87. The van der Waals surface area contributed by atoms with Gasteiger partial charge in [-0.15, -0.1) is 0 Å². The van der Waals surface area contributed by atoms with Gasteiger partial charge in [-0.3, -0.25) is 4.79 Å². The standard InChI is InChI=1S/C14H22N2O3/c1-16(8-3-9-18-2)14(17)11-19-13-6-4-12(10-15)5-7-13/h4-7H,3,8-11,15H2,1-2H3. The first kappa shape index (κ1) is 15.5. The fourth-order valence-corrected chi connectivity index (χ4v) is 1.55. The van der Waals surface area contributed by atoms with E-state index in [-0.39, 0.29) is 12.5 Å². The van der Waals surface area contributed by atoms with Crippen molar-refractivity contribution in [2.24, 2.45) is 5.73 Å². The predicted molar refractivity (Wildman–Crippen MR) is 74.0 cm³/mol. The first-order chi connectivity index (χ1) is 9.17. The molecule has 19 heavy (non-hydrogen) atoms.